The lowest BCUT2D eigenvalue weighted by Crippen LogP contribution is -2.56. The number of hydrogen-bond acceptors (Lipinski definition) is 2. The van der Waals surface area contributed by atoms with Crippen LogP contribution in [0, 0.1) is 6.92 Å². The molecule has 1 fully saturated rings. The Morgan fingerprint density at radius 2 is 2.17 bits per heavy atom. The second-order valence-corrected chi connectivity index (χ2v) is 5.51. The number of hydrogen-bond donors (Lipinski definition) is 1. The lowest BCUT2D eigenvalue weighted by Gasteiger charge is -2.37. The monoisotopic (exact) mass is 266 g/mol. The van der Waals surface area contributed by atoms with Gasteiger partial charge in [0.15, 0.2) is 0 Å². The average Bonchev–Trinajstić information content (AvgIpc) is 2.31. The summed E-state index contributed by atoms with van der Waals surface area (Å²) >= 11 is 6.16. The molecule has 1 N–H and O–H groups in total. The molecule has 0 radical (unpaired) electrons. The fourth-order valence-corrected chi connectivity index (χ4v) is 2.57. The van der Waals surface area contributed by atoms with E-state index in [1.165, 1.54) is 0 Å². The maximum atomic E-state index is 12.5. The minimum atomic E-state index is 0.0286. The Labute approximate surface area is 113 Å². The van der Waals surface area contributed by atoms with Gasteiger partial charge in [0.2, 0.25) is 0 Å². The first kappa shape index (κ1) is 13.4. The molecule has 18 heavy (non-hydrogen) atoms. The summed E-state index contributed by atoms with van der Waals surface area (Å²) in [4.78, 5) is 14.4. The van der Waals surface area contributed by atoms with Gasteiger partial charge in [0.25, 0.3) is 5.91 Å². The molecule has 1 heterocycles. The van der Waals surface area contributed by atoms with Crippen LogP contribution in [0.3, 0.4) is 0 Å². The van der Waals surface area contributed by atoms with Crippen molar-refractivity contribution in [3.05, 3.63) is 34.3 Å². The summed E-state index contributed by atoms with van der Waals surface area (Å²) in [5.74, 6) is 0.0286. The van der Waals surface area contributed by atoms with Gasteiger partial charge in [0.05, 0.1) is 10.6 Å². The van der Waals surface area contributed by atoms with E-state index < -0.39 is 0 Å². The molecule has 2 atom stereocenters. The molecule has 4 heteroatoms. The molecule has 3 nitrogen and oxygen atoms in total. The van der Waals surface area contributed by atoms with Crippen LogP contribution in [0.5, 0.6) is 0 Å². The van der Waals surface area contributed by atoms with Gasteiger partial charge in [0, 0.05) is 25.2 Å². The van der Waals surface area contributed by atoms with E-state index in [9.17, 15) is 4.79 Å². The number of benzene rings is 1. The molecule has 0 bridgehead atoms. The van der Waals surface area contributed by atoms with Gasteiger partial charge in [-0.3, -0.25) is 4.79 Å². The van der Waals surface area contributed by atoms with Gasteiger partial charge in [-0.1, -0.05) is 17.7 Å². The Bertz CT molecular complexity index is 461. The quantitative estimate of drug-likeness (QED) is 0.847. The molecule has 2 unspecified atom stereocenters. The number of halogens is 1. The van der Waals surface area contributed by atoms with Crippen LogP contribution in [0.2, 0.25) is 5.02 Å². The third-order valence-corrected chi connectivity index (χ3v) is 3.69. The number of rotatable bonds is 1. The summed E-state index contributed by atoms with van der Waals surface area (Å²) in [7, 11) is 0. The molecule has 1 aliphatic rings. The molecule has 0 aliphatic carbocycles. The van der Waals surface area contributed by atoms with Crippen LogP contribution in [0.15, 0.2) is 18.2 Å². The van der Waals surface area contributed by atoms with Crippen molar-refractivity contribution in [2.45, 2.75) is 32.9 Å². The lowest BCUT2D eigenvalue weighted by molar-refractivity contribution is 0.0616. The molecule has 98 valence electrons. The Morgan fingerprint density at radius 1 is 1.44 bits per heavy atom. The standard InChI is InChI=1S/C14H19ClN2O/c1-9-4-5-12(13(15)6-9)14(18)17-8-10(2)16-7-11(17)3/h4-6,10-11,16H,7-8H2,1-3H3. The average molecular weight is 267 g/mol. The van der Waals surface area contributed by atoms with Crippen molar-refractivity contribution in [3.8, 4) is 0 Å². The van der Waals surface area contributed by atoms with E-state index in [1.54, 1.807) is 0 Å². The third kappa shape index (κ3) is 2.68. The molecule has 1 saturated heterocycles. The van der Waals surface area contributed by atoms with Crippen molar-refractivity contribution in [1.82, 2.24) is 10.2 Å². The maximum absolute atomic E-state index is 12.5. The Balaban J connectivity index is 2.24. The van der Waals surface area contributed by atoms with Crippen LogP contribution < -0.4 is 5.32 Å². The van der Waals surface area contributed by atoms with E-state index in [0.29, 0.717) is 16.6 Å². The number of carbonyl (C=O) groups is 1. The predicted octanol–water partition coefficient (Wildman–Crippen LogP) is 2.47. The summed E-state index contributed by atoms with van der Waals surface area (Å²) < 4.78 is 0. The zero-order chi connectivity index (χ0) is 13.3. The van der Waals surface area contributed by atoms with E-state index in [0.717, 1.165) is 18.7 Å². The molecular formula is C14H19ClN2O. The van der Waals surface area contributed by atoms with Crippen LogP contribution >= 0.6 is 11.6 Å². The fourth-order valence-electron chi connectivity index (χ4n) is 2.25. The number of nitrogens with zero attached hydrogens (tertiary/aromatic N) is 1. The second kappa shape index (κ2) is 5.29. The molecule has 1 aromatic carbocycles. The molecule has 0 saturated carbocycles. The molecule has 1 amide bonds. The van der Waals surface area contributed by atoms with Gasteiger partial charge in [-0.2, -0.15) is 0 Å². The number of aryl methyl sites for hydroxylation is 1. The lowest BCUT2D eigenvalue weighted by atomic mass is 10.1. The highest BCUT2D eigenvalue weighted by Gasteiger charge is 2.28. The van der Waals surface area contributed by atoms with Gasteiger partial charge in [0.1, 0.15) is 0 Å². The summed E-state index contributed by atoms with van der Waals surface area (Å²) in [6.45, 7) is 7.66. The van der Waals surface area contributed by atoms with Gasteiger partial charge < -0.3 is 10.2 Å². The normalized spacial score (nSPS) is 24.1. The summed E-state index contributed by atoms with van der Waals surface area (Å²) in [5, 5.41) is 3.91. The topological polar surface area (TPSA) is 32.3 Å². The predicted molar refractivity (Wildman–Crippen MR) is 74.2 cm³/mol. The van der Waals surface area contributed by atoms with Crippen molar-refractivity contribution in [1.29, 1.82) is 0 Å². The number of carbonyl (C=O) groups excluding carboxylic acids is 1. The zero-order valence-corrected chi connectivity index (χ0v) is 11.8. The van der Waals surface area contributed by atoms with E-state index in [4.69, 9.17) is 11.6 Å². The van der Waals surface area contributed by atoms with Crippen molar-refractivity contribution in [3.63, 3.8) is 0 Å². The third-order valence-electron chi connectivity index (χ3n) is 3.38. The van der Waals surface area contributed by atoms with Gasteiger partial charge >= 0.3 is 0 Å². The Kier molecular flexibility index (Phi) is 3.93. The molecule has 1 aromatic rings. The smallest absolute Gasteiger partial charge is 0.255 e. The molecular weight excluding hydrogens is 248 g/mol. The maximum Gasteiger partial charge on any atom is 0.255 e. The highest BCUT2D eigenvalue weighted by molar-refractivity contribution is 6.33. The van der Waals surface area contributed by atoms with E-state index in [1.807, 2.05) is 30.0 Å². The van der Waals surface area contributed by atoms with Gasteiger partial charge in [-0.15, -0.1) is 0 Å². The van der Waals surface area contributed by atoms with Crippen LogP contribution in [-0.4, -0.2) is 36.0 Å². The first-order valence-corrected chi connectivity index (χ1v) is 6.67. The highest BCUT2D eigenvalue weighted by Crippen LogP contribution is 2.21. The minimum absolute atomic E-state index is 0.0286. The van der Waals surface area contributed by atoms with Crippen molar-refractivity contribution in [2.24, 2.45) is 0 Å². The van der Waals surface area contributed by atoms with Crippen LogP contribution in [-0.2, 0) is 0 Å². The molecule has 1 aliphatic heterocycles. The summed E-state index contributed by atoms with van der Waals surface area (Å²) in [5.41, 5.74) is 1.67. The van der Waals surface area contributed by atoms with E-state index in [-0.39, 0.29) is 11.9 Å². The molecule has 0 aromatic heterocycles. The Hall–Kier alpha value is -1.06. The van der Waals surface area contributed by atoms with E-state index in [2.05, 4.69) is 19.2 Å². The van der Waals surface area contributed by atoms with Crippen molar-refractivity contribution < 1.29 is 4.79 Å². The minimum Gasteiger partial charge on any atom is -0.333 e. The van der Waals surface area contributed by atoms with E-state index >= 15 is 0 Å². The molecule has 0 spiro atoms. The van der Waals surface area contributed by atoms with Crippen LogP contribution in [0.4, 0.5) is 0 Å². The number of piperazine rings is 1. The Morgan fingerprint density at radius 3 is 2.83 bits per heavy atom. The first-order chi connectivity index (χ1) is 8.49. The fraction of sp³-hybridized carbons (Fsp3) is 0.500. The largest absolute Gasteiger partial charge is 0.333 e. The second-order valence-electron chi connectivity index (χ2n) is 5.10. The van der Waals surface area contributed by atoms with Crippen molar-refractivity contribution >= 4 is 17.5 Å². The summed E-state index contributed by atoms with van der Waals surface area (Å²) in [6, 6.07) is 6.11. The van der Waals surface area contributed by atoms with Gasteiger partial charge in [-0.25, -0.2) is 0 Å². The zero-order valence-electron chi connectivity index (χ0n) is 11.0. The van der Waals surface area contributed by atoms with Crippen molar-refractivity contribution in [2.75, 3.05) is 13.1 Å². The number of amides is 1. The SMILES string of the molecule is Cc1ccc(C(=O)N2CC(C)NCC2C)c(Cl)c1. The number of nitrogens with one attached hydrogen (secondary N) is 1. The highest BCUT2D eigenvalue weighted by atomic mass is 35.5. The first-order valence-electron chi connectivity index (χ1n) is 6.29. The van der Waals surface area contributed by atoms with Crippen LogP contribution in [0.25, 0.3) is 0 Å². The van der Waals surface area contributed by atoms with Gasteiger partial charge in [-0.05, 0) is 38.5 Å². The summed E-state index contributed by atoms with van der Waals surface area (Å²) in [6.07, 6.45) is 0. The molecule has 2 rings (SSSR count). The van der Waals surface area contributed by atoms with Crippen LogP contribution in [0.1, 0.15) is 29.8 Å².